The van der Waals surface area contributed by atoms with E-state index in [1.165, 1.54) is 24.3 Å². The molecule has 0 aliphatic carbocycles. The molecule has 0 aromatic carbocycles. The fourth-order valence-electron chi connectivity index (χ4n) is 2.79. The SMILES string of the molecule is O=C1C=CCCOC(=O)C2=CC=CCN2C(=O)C(=O)C2=CC=C\C(=C/C=C\C=C/C=C\1)O2. The van der Waals surface area contributed by atoms with Crippen molar-refractivity contribution < 1.29 is 28.7 Å². The molecule has 2 bridgehead atoms. The summed E-state index contributed by atoms with van der Waals surface area (Å²) in [6.07, 6.45) is 24.1. The van der Waals surface area contributed by atoms with Gasteiger partial charge in [0.1, 0.15) is 11.5 Å². The van der Waals surface area contributed by atoms with Gasteiger partial charge in [0.2, 0.25) is 0 Å². The van der Waals surface area contributed by atoms with Gasteiger partial charge < -0.3 is 9.47 Å². The molecule has 3 aliphatic rings. The summed E-state index contributed by atoms with van der Waals surface area (Å²) in [5, 5.41) is 0. The Morgan fingerprint density at radius 3 is 2.44 bits per heavy atom. The van der Waals surface area contributed by atoms with Crippen LogP contribution in [0, 0.1) is 0 Å². The Morgan fingerprint density at radius 2 is 1.56 bits per heavy atom. The van der Waals surface area contributed by atoms with Gasteiger partial charge in [-0.15, -0.1) is 0 Å². The molecule has 3 aliphatic heterocycles. The molecule has 3 rings (SSSR count). The van der Waals surface area contributed by atoms with Crippen molar-refractivity contribution in [1.82, 2.24) is 4.90 Å². The number of nitrogens with zero attached hydrogens (tertiary/aromatic N) is 1. The molecule has 0 fully saturated rings. The van der Waals surface area contributed by atoms with E-state index < -0.39 is 17.7 Å². The van der Waals surface area contributed by atoms with Crippen LogP contribution in [0.5, 0.6) is 0 Å². The monoisotopic (exact) mass is 431 g/mol. The highest BCUT2D eigenvalue weighted by molar-refractivity contribution is 6.42. The van der Waals surface area contributed by atoms with Gasteiger partial charge in [-0.1, -0.05) is 54.7 Å². The number of ketones is 2. The molecule has 0 radical (unpaired) electrons. The number of allylic oxidation sites excluding steroid dienone is 13. The van der Waals surface area contributed by atoms with E-state index in [0.717, 1.165) is 4.90 Å². The predicted molar refractivity (Wildman–Crippen MR) is 117 cm³/mol. The van der Waals surface area contributed by atoms with Crippen LogP contribution in [0.1, 0.15) is 6.42 Å². The van der Waals surface area contributed by atoms with Crippen LogP contribution in [-0.4, -0.2) is 41.5 Å². The Hall–Kier alpha value is -4.26. The van der Waals surface area contributed by atoms with Crippen LogP contribution in [0.4, 0.5) is 0 Å². The summed E-state index contributed by atoms with van der Waals surface area (Å²) in [7, 11) is 0. The van der Waals surface area contributed by atoms with Crippen LogP contribution >= 0.6 is 0 Å². The standard InChI is InChI=1S/C25H21NO6/c27-19-11-4-2-1-3-5-13-20-14-10-16-22(32-20)23(28)24(29)26-17-8-6-15-21(26)25(30)31-18-9-7-12-19/h1-8,10-16H,9,17-18H2/b2-1-,5-3-,11-4-,12-7?,20-13+. The maximum atomic E-state index is 12.8. The van der Waals surface area contributed by atoms with Crippen LogP contribution in [0.2, 0.25) is 0 Å². The summed E-state index contributed by atoms with van der Waals surface area (Å²) < 4.78 is 10.7. The van der Waals surface area contributed by atoms with E-state index in [4.69, 9.17) is 9.47 Å². The van der Waals surface area contributed by atoms with E-state index in [1.54, 1.807) is 66.8 Å². The third-order valence-corrected chi connectivity index (χ3v) is 4.34. The maximum Gasteiger partial charge on any atom is 0.355 e. The molecular weight excluding hydrogens is 410 g/mol. The Kier molecular flexibility index (Phi) is 7.86. The summed E-state index contributed by atoms with van der Waals surface area (Å²) in [5.74, 6) is -2.50. The number of cyclic esters (lactones) is 1. The minimum atomic E-state index is -0.903. The predicted octanol–water partition coefficient (Wildman–Crippen LogP) is 2.93. The fourth-order valence-corrected chi connectivity index (χ4v) is 2.79. The first-order chi connectivity index (χ1) is 15.6. The Bertz CT molecular complexity index is 1080. The van der Waals surface area contributed by atoms with Crippen molar-refractivity contribution in [3.05, 3.63) is 108 Å². The first-order valence-corrected chi connectivity index (χ1v) is 9.95. The van der Waals surface area contributed by atoms with Gasteiger partial charge in [-0.2, -0.15) is 0 Å². The Balaban J connectivity index is 1.85. The lowest BCUT2D eigenvalue weighted by Gasteiger charge is -2.24. The average molecular weight is 431 g/mol. The topological polar surface area (TPSA) is 90.0 Å². The van der Waals surface area contributed by atoms with Gasteiger partial charge in [0.15, 0.2) is 11.5 Å². The van der Waals surface area contributed by atoms with Crippen molar-refractivity contribution in [2.24, 2.45) is 0 Å². The molecule has 0 N–H and O–H groups in total. The first kappa shape index (κ1) is 22.4. The molecule has 162 valence electrons. The quantitative estimate of drug-likeness (QED) is 0.433. The highest BCUT2D eigenvalue weighted by atomic mass is 16.5. The Labute approximate surface area is 185 Å². The molecule has 1 amide bonds. The number of fused-ring (bicyclic) bond motifs is 3. The van der Waals surface area contributed by atoms with E-state index in [1.807, 2.05) is 0 Å². The van der Waals surface area contributed by atoms with Crippen molar-refractivity contribution >= 4 is 23.4 Å². The molecule has 0 unspecified atom stereocenters. The highest BCUT2D eigenvalue weighted by Crippen LogP contribution is 2.19. The zero-order valence-corrected chi connectivity index (χ0v) is 17.2. The number of hydrogen-bond donors (Lipinski definition) is 0. The molecule has 0 aromatic heterocycles. The second-order valence-corrected chi connectivity index (χ2v) is 6.64. The van der Waals surface area contributed by atoms with E-state index in [9.17, 15) is 19.2 Å². The van der Waals surface area contributed by atoms with Crippen molar-refractivity contribution in [2.75, 3.05) is 13.2 Å². The summed E-state index contributed by atoms with van der Waals surface area (Å²) >= 11 is 0. The number of rotatable bonds is 0. The van der Waals surface area contributed by atoms with Gasteiger partial charge >= 0.3 is 11.9 Å². The molecule has 0 atom stereocenters. The lowest BCUT2D eigenvalue weighted by Crippen LogP contribution is -2.41. The molecule has 3 heterocycles. The van der Waals surface area contributed by atoms with Gasteiger partial charge in [-0.3, -0.25) is 19.3 Å². The van der Waals surface area contributed by atoms with E-state index >= 15 is 0 Å². The van der Waals surface area contributed by atoms with Gasteiger partial charge in [-0.25, -0.2) is 4.79 Å². The molecule has 0 spiro atoms. The molecule has 0 saturated carbocycles. The van der Waals surface area contributed by atoms with Gasteiger partial charge in [-0.05, 0) is 42.9 Å². The average Bonchev–Trinajstić information content (AvgIpc) is 2.81. The van der Waals surface area contributed by atoms with Crippen molar-refractivity contribution in [2.45, 2.75) is 6.42 Å². The third-order valence-electron chi connectivity index (χ3n) is 4.34. The zero-order chi connectivity index (χ0) is 22.8. The fraction of sp³-hybridized carbons (Fsp3) is 0.120. The zero-order valence-electron chi connectivity index (χ0n) is 17.2. The minimum absolute atomic E-state index is 0.0151. The Morgan fingerprint density at radius 1 is 0.750 bits per heavy atom. The van der Waals surface area contributed by atoms with Crippen molar-refractivity contribution in [3.8, 4) is 0 Å². The summed E-state index contributed by atoms with van der Waals surface area (Å²) in [5.41, 5.74) is -0.0449. The van der Waals surface area contributed by atoms with Crippen LogP contribution in [0.3, 0.4) is 0 Å². The second-order valence-electron chi connectivity index (χ2n) is 6.64. The van der Waals surface area contributed by atoms with Crippen molar-refractivity contribution in [1.29, 1.82) is 0 Å². The number of carbonyl (C=O) groups excluding carboxylic acids is 4. The van der Waals surface area contributed by atoms with Gasteiger partial charge in [0.25, 0.3) is 5.78 Å². The minimum Gasteiger partial charge on any atom is -0.461 e. The van der Waals surface area contributed by atoms with Crippen LogP contribution in [-0.2, 0) is 28.7 Å². The molecule has 0 saturated heterocycles. The molecule has 7 nitrogen and oxygen atoms in total. The van der Waals surface area contributed by atoms with Crippen LogP contribution < -0.4 is 0 Å². The summed E-state index contributed by atoms with van der Waals surface area (Å²) in [4.78, 5) is 50.9. The normalized spacial score (nSPS) is 24.6. The molecule has 7 heteroatoms. The van der Waals surface area contributed by atoms with Crippen LogP contribution in [0.15, 0.2) is 108 Å². The van der Waals surface area contributed by atoms with E-state index in [2.05, 4.69) is 0 Å². The summed E-state index contributed by atoms with van der Waals surface area (Å²) in [6.45, 7) is 0.0639. The third kappa shape index (κ3) is 6.12. The number of amides is 1. The maximum absolute atomic E-state index is 12.8. The number of carbonyl (C=O) groups is 4. The molecular formula is C25H21NO6. The summed E-state index contributed by atoms with van der Waals surface area (Å²) in [6, 6.07) is 0. The van der Waals surface area contributed by atoms with E-state index in [0.29, 0.717) is 12.2 Å². The first-order valence-electron chi connectivity index (χ1n) is 9.95. The lowest BCUT2D eigenvalue weighted by molar-refractivity contribution is -0.147. The van der Waals surface area contributed by atoms with Gasteiger partial charge in [0.05, 0.1) is 6.61 Å². The lowest BCUT2D eigenvalue weighted by atomic mass is 10.1. The second kappa shape index (κ2) is 11.2. The smallest absolute Gasteiger partial charge is 0.355 e. The molecule has 32 heavy (non-hydrogen) atoms. The van der Waals surface area contributed by atoms with E-state index in [-0.39, 0.29) is 30.4 Å². The number of ether oxygens (including phenoxy) is 2. The molecule has 0 aromatic rings. The number of hydrogen-bond acceptors (Lipinski definition) is 6. The number of Topliss-reactive ketones (excluding diaryl/α,β-unsaturated/α-hetero) is 1. The number of esters is 1. The van der Waals surface area contributed by atoms with Gasteiger partial charge in [0, 0.05) is 6.54 Å². The highest BCUT2D eigenvalue weighted by Gasteiger charge is 2.32. The van der Waals surface area contributed by atoms with Crippen molar-refractivity contribution in [3.63, 3.8) is 0 Å². The largest absolute Gasteiger partial charge is 0.461 e. The van der Waals surface area contributed by atoms with Crippen LogP contribution in [0.25, 0.3) is 0 Å².